The molecule has 10 heteroatoms. The first-order chi connectivity index (χ1) is 10.6. The molecule has 0 bridgehead atoms. The number of carbonyl (C=O) groups is 1. The van der Waals surface area contributed by atoms with Crippen LogP contribution in [0.4, 0.5) is 18.9 Å². The number of carbonyl (C=O) groups excluding carboxylic acids is 1. The molecule has 130 valence electrons. The van der Waals surface area contributed by atoms with E-state index in [0.29, 0.717) is 6.07 Å². The van der Waals surface area contributed by atoms with E-state index >= 15 is 0 Å². The first kappa shape index (κ1) is 19.3. The van der Waals surface area contributed by atoms with Crippen molar-refractivity contribution in [3.63, 3.8) is 0 Å². The van der Waals surface area contributed by atoms with E-state index in [1.165, 1.54) is 0 Å². The zero-order valence-corrected chi connectivity index (χ0v) is 11.6. The quantitative estimate of drug-likeness (QED) is 0.397. The van der Waals surface area contributed by atoms with Crippen LogP contribution in [-0.4, -0.2) is 62.5 Å². The van der Waals surface area contributed by atoms with E-state index in [1.54, 1.807) is 0 Å². The summed E-state index contributed by atoms with van der Waals surface area (Å²) in [5, 5.41) is 48.1. The summed E-state index contributed by atoms with van der Waals surface area (Å²) in [5.41, 5.74) is -1.31. The van der Waals surface area contributed by atoms with Crippen LogP contribution in [0.1, 0.15) is 5.56 Å². The molecule has 7 nitrogen and oxygen atoms in total. The maximum absolute atomic E-state index is 12.5. The van der Waals surface area contributed by atoms with Crippen LogP contribution in [0, 0.1) is 0 Å². The summed E-state index contributed by atoms with van der Waals surface area (Å²) in [6.07, 6.45) is -12.8. The van der Waals surface area contributed by atoms with E-state index in [-0.39, 0.29) is 5.69 Å². The summed E-state index contributed by atoms with van der Waals surface area (Å²) >= 11 is 0. The van der Waals surface area contributed by atoms with Gasteiger partial charge in [0.05, 0.1) is 12.2 Å². The third-order valence-corrected chi connectivity index (χ3v) is 2.98. The largest absolute Gasteiger partial charge is 0.416 e. The number of hydrogen-bond donors (Lipinski definition) is 6. The van der Waals surface area contributed by atoms with Crippen molar-refractivity contribution in [2.75, 3.05) is 11.9 Å². The molecule has 1 rings (SSSR count). The van der Waals surface area contributed by atoms with Crippen molar-refractivity contribution in [2.24, 2.45) is 0 Å². The highest BCUT2D eigenvalue weighted by molar-refractivity contribution is 5.94. The van der Waals surface area contributed by atoms with Crippen LogP contribution in [0.15, 0.2) is 24.3 Å². The van der Waals surface area contributed by atoms with Crippen molar-refractivity contribution in [3.05, 3.63) is 29.8 Å². The highest BCUT2D eigenvalue weighted by Gasteiger charge is 2.35. The van der Waals surface area contributed by atoms with Gasteiger partial charge in [-0.2, -0.15) is 13.2 Å². The average molecular weight is 339 g/mol. The van der Waals surface area contributed by atoms with Crippen LogP contribution in [0.3, 0.4) is 0 Å². The van der Waals surface area contributed by atoms with E-state index in [2.05, 4.69) is 0 Å². The number of alkyl halides is 3. The molecule has 0 aliphatic carbocycles. The molecular formula is C13H16F3NO6. The summed E-state index contributed by atoms with van der Waals surface area (Å²) in [4.78, 5) is 11.7. The molecule has 0 heterocycles. The highest BCUT2D eigenvalue weighted by atomic mass is 19.4. The first-order valence-electron chi connectivity index (χ1n) is 6.39. The highest BCUT2D eigenvalue weighted by Crippen LogP contribution is 2.30. The number of aliphatic hydroxyl groups excluding tert-OH is 5. The van der Waals surface area contributed by atoms with Crippen molar-refractivity contribution in [1.29, 1.82) is 0 Å². The number of aliphatic hydroxyl groups is 5. The lowest BCUT2D eigenvalue weighted by atomic mass is 10.0. The molecule has 0 aliphatic heterocycles. The van der Waals surface area contributed by atoms with Gasteiger partial charge in [0.15, 0.2) is 6.10 Å². The molecule has 6 N–H and O–H groups in total. The Hall–Kier alpha value is -1.72. The maximum atomic E-state index is 12.5. The summed E-state index contributed by atoms with van der Waals surface area (Å²) in [7, 11) is 0. The second-order valence-electron chi connectivity index (χ2n) is 4.74. The number of rotatable bonds is 6. The summed E-state index contributed by atoms with van der Waals surface area (Å²) < 4.78 is 37.6. The van der Waals surface area contributed by atoms with Crippen LogP contribution in [0.25, 0.3) is 0 Å². The van der Waals surface area contributed by atoms with Crippen molar-refractivity contribution in [1.82, 2.24) is 0 Å². The Bertz CT molecular complexity index is 539. The minimum absolute atomic E-state index is 0.284. The molecule has 1 aromatic carbocycles. The molecule has 0 aliphatic rings. The van der Waals surface area contributed by atoms with Crippen LogP contribution in [0.2, 0.25) is 0 Å². The van der Waals surface area contributed by atoms with Gasteiger partial charge in [-0.15, -0.1) is 0 Å². The Kier molecular flexibility index (Phi) is 6.47. The predicted octanol–water partition coefficient (Wildman–Crippen LogP) is -0.920. The number of anilines is 1. The van der Waals surface area contributed by atoms with Gasteiger partial charge in [-0.25, -0.2) is 0 Å². The Morgan fingerprint density at radius 1 is 1.13 bits per heavy atom. The standard InChI is InChI=1S/C13H16F3NO6/c14-13(15,16)6-2-1-3-7(4-6)17-12(23)11(22)10(21)9(20)8(19)5-18/h1-4,8-11,18-22H,5H2,(H,17,23)/t8-,9-,10+,11-/m1/s1. The van der Waals surface area contributed by atoms with Gasteiger partial charge in [-0.1, -0.05) is 6.07 Å². The number of amides is 1. The Morgan fingerprint density at radius 2 is 1.74 bits per heavy atom. The smallest absolute Gasteiger partial charge is 0.394 e. The van der Waals surface area contributed by atoms with Crippen molar-refractivity contribution in [3.8, 4) is 0 Å². The number of halogens is 3. The van der Waals surface area contributed by atoms with Gasteiger partial charge in [0.1, 0.15) is 18.3 Å². The summed E-state index contributed by atoms with van der Waals surface area (Å²) in [6.45, 7) is -0.930. The average Bonchev–Trinajstić information content (AvgIpc) is 2.51. The van der Waals surface area contributed by atoms with Gasteiger partial charge in [-0.3, -0.25) is 4.79 Å². The Balaban J connectivity index is 2.79. The molecule has 4 atom stereocenters. The second-order valence-corrected chi connectivity index (χ2v) is 4.74. The molecule has 0 fully saturated rings. The lowest BCUT2D eigenvalue weighted by Crippen LogP contribution is -2.50. The monoisotopic (exact) mass is 339 g/mol. The van der Waals surface area contributed by atoms with Crippen molar-refractivity contribution >= 4 is 11.6 Å². The lowest BCUT2D eigenvalue weighted by Gasteiger charge is -2.25. The number of hydrogen-bond acceptors (Lipinski definition) is 6. The fourth-order valence-corrected chi connectivity index (χ4v) is 1.67. The normalized spacial score (nSPS) is 17.2. The fraction of sp³-hybridized carbons (Fsp3) is 0.462. The van der Waals surface area contributed by atoms with E-state index in [9.17, 15) is 33.3 Å². The topological polar surface area (TPSA) is 130 Å². The molecule has 1 aromatic rings. The molecule has 0 aromatic heterocycles. The van der Waals surface area contributed by atoms with E-state index in [4.69, 9.17) is 10.2 Å². The SMILES string of the molecule is O=C(Nc1cccc(C(F)(F)F)c1)[C@H](O)[C@@H](O)[C@H](O)[C@H](O)CO. The minimum Gasteiger partial charge on any atom is -0.394 e. The van der Waals surface area contributed by atoms with Gasteiger partial charge in [0.2, 0.25) is 0 Å². The molecule has 0 saturated carbocycles. The lowest BCUT2D eigenvalue weighted by molar-refractivity contribution is -0.144. The van der Waals surface area contributed by atoms with E-state index in [0.717, 1.165) is 18.2 Å². The zero-order chi connectivity index (χ0) is 17.8. The van der Waals surface area contributed by atoms with Gasteiger partial charge in [-0.05, 0) is 18.2 Å². The van der Waals surface area contributed by atoms with Gasteiger partial charge >= 0.3 is 6.18 Å². The van der Waals surface area contributed by atoms with Gasteiger partial charge in [0, 0.05) is 5.69 Å². The summed E-state index contributed by atoms with van der Waals surface area (Å²) in [5.74, 6) is -1.29. The second kappa shape index (κ2) is 7.70. The van der Waals surface area contributed by atoms with Crippen molar-refractivity contribution < 1.29 is 43.5 Å². The molecule has 0 spiro atoms. The van der Waals surface area contributed by atoms with Crippen LogP contribution >= 0.6 is 0 Å². The maximum Gasteiger partial charge on any atom is 0.416 e. The van der Waals surface area contributed by atoms with E-state index < -0.39 is 48.7 Å². The third-order valence-electron chi connectivity index (χ3n) is 2.98. The molecule has 1 amide bonds. The Morgan fingerprint density at radius 3 is 2.26 bits per heavy atom. The fourth-order valence-electron chi connectivity index (χ4n) is 1.67. The van der Waals surface area contributed by atoms with Crippen LogP contribution < -0.4 is 5.32 Å². The molecule has 0 unspecified atom stereocenters. The van der Waals surface area contributed by atoms with Crippen LogP contribution in [0.5, 0.6) is 0 Å². The van der Waals surface area contributed by atoms with Gasteiger partial charge < -0.3 is 30.8 Å². The number of nitrogens with one attached hydrogen (secondary N) is 1. The minimum atomic E-state index is -4.62. The van der Waals surface area contributed by atoms with Gasteiger partial charge in [0.25, 0.3) is 5.91 Å². The number of benzene rings is 1. The predicted molar refractivity (Wildman–Crippen MR) is 71.2 cm³/mol. The third kappa shape index (κ3) is 5.15. The van der Waals surface area contributed by atoms with Crippen LogP contribution in [-0.2, 0) is 11.0 Å². The molecule has 0 saturated heterocycles. The zero-order valence-electron chi connectivity index (χ0n) is 11.6. The van der Waals surface area contributed by atoms with E-state index in [1.807, 2.05) is 5.32 Å². The van der Waals surface area contributed by atoms with Crippen molar-refractivity contribution in [2.45, 2.75) is 30.6 Å². The molecule has 23 heavy (non-hydrogen) atoms. The Labute approximate surface area is 128 Å². The molecule has 0 radical (unpaired) electrons. The first-order valence-corrected chi connectivity index (χ1v) is 6.39. The summed E-state index contributed by atoms with van der Waals surface area (Å²) in [6, 6.07) is 3.56. The molecular weight excluding hydrogens is 323 g/mol.